The molecule has 0 bridgehead atoms. The van der Waals surface area contributed by atoms with E-state index in [-0.39, 0.29) is 23.8 Å². The van der Waals surface area contributed by atoms with Crippen LogP contribution in [0.5, 0.6) is 5.75 Å². The molecular formula is C25H33N3O3. The quantitative estimate of drug-likeness (QED) is 0.650. The monoisotopic (exact) mass is 423 g/mol. The van der Waals surface area contributed by atoms with Crippen LogP contribution < -0.4 is 15.4 Å². The smallest absolute Gasteiger partial charge is 0.251 e. The molecule has 166 valence electrons. The Morgan fingerprint density at radius 2 is 1.81 bits per heavy atom. The van der Waals surface area contributed by atoms with Gasteiger partial charge in [-0.25, -0.2) is 0 Å². The number of likely N-dealkylation sites (tertiary alicyclic amines) is 1. The van der Waals surface area contributed by atoms with Gasteiger partial charge in [-0.15, -0.1) is 0 Å². The molecule has 31 heavy (non-hydrogen) atoms. The minimum Gasteiger partial charge on any atom is -0.494 e. The highest BCUT2D eigenvalue weighted by Crippen LogP contribution is 2.15. The molecule has 2 aromatic rings. The summed E-state index contributed by atoms with van der Waals surface area (Å²) in [6.45, 7) is 9.03. The molecule has 6 nitrogen and oxygen atoms in total. The highest BCUT2D eigenvalue weighted by molar-refractivity contribution is 5.97. The van der Waals surface area contributed by atoms with E-state index in [1.807, 2.05) is 39.0 Å². The van der Waals surface area contributed by atoms with Gasteiger partial charge in [-0.3, -0.25) is 14.5 Å². The van der Waals surface area contributed by atoms with Crippen LogP contribution in [0.15, 0.2) is 54.6 Å². The van der Waals surface area contributed by atoms with Gasteiger partial charge in [-0.2, -0.15) is 0 Å². The highest BCUT2D eigenvalue weighted by Gasteiger charge is 2.29. The van der Waals surface area contributed by atoms with Crippen molar-refractivity contribution in [1.82, 2.24) is 15.5 Å². The molecule has 1 saturated heterocycles. The van der Waals surface area contributed by atoms with E-state index in [2.05, 4.69) is 27.7 Å². The Kier molecular flexibility index (Phi) is 8.06. The normalized spacial score (nSPS) is 17.4. The number of benzene rings is 2. The van der Waals surface area contributed by atoms with Crippen LogP contribution in [0, 0.1) is 5.92 Å². The van der Waals surface area contributed by atoms with E-state index < -0.39 is 6.04 Å². The minimum atomic E-state index is -0.581. The van der Waals surface area contributed by atoms with Gasteiger partial charge >= 0.3 is 0 Å². The molecule has 1 aliphatic heterocycles. The number of hydrogen-bond acceptors (Lipinski definition) is 4. The molecule has 2 amide bonds. The summed E-state index contributed by atoms with van der Waals surface area (Å²) in [5.74, 6) is 0.321. The van der Waals surface area contributed by atoms with Gasteiger partial charge in [0.05, 0.1) is 6.61 Å². The topological polar surface area (TPSA) is 70.7 Å². The first-order valence-corrected chi connectivity index (χ1v) is 11.1. The fraction of sp³-hybridized carbons (Fsp3) is 0.440. The van der Waals surface area contributed by atoms with Crippen molar-refractivity contribution in [3.8, 4) is 5.75 Å². The summed E-state index contributed by atoms with van der Waals surface area (Å²) < 4.78 is 5.42. The van der Waals surface area contributed by atoms with E-state index in [1.165, 1.54) is 5.56 Å². The van der Waals surface area contributed by atoms with Crippen LogP contribution >= 0.6 is 0 Å². The van der Waals surface area contributed by atoms with Gasteiger partial charge in [-0.05, 0) is 49.1 Å². The van der Waals surface area contributed by atoms with Crippen molar-refractivity contribution in [2.45, 2.75) is 45.8 Å². The lowest BCUT2D eigenvalue weighted by Crippen LogP contribution is -2.52. The summed E-state index contributed by atoms with van der Waals surface area (Å²) in [4.78, 5) is 28.0. The second-order valence-corrected chi connectivity index (χ2v) is 8.37. The number of ether oxygens (including phenoxy) is 1. The van der Waals surface area contributed by atoms with Crippen molar-refractivity contribution in [3.63, 3.8) is 0 Å². The number of amides is 2. The van der Waals surface area contributed by atoms with Crippen LogP contribution in [-0.4, -0.2) is 48.5 Å². The number of rotatable bonds is 9. The van der Waals surface area contributed by atoms with E-state index in [9.17, 15) is 9.59 Å². The molecule has 0 aromatic heterocycles. The minimum absolute atomic E-state index is 0.0199. The summed E-state index contributed by atoms with van der Waals surface area (Å²) in [7, 11) is 0. The fourth-order valence-corrected chi connectivity index (χ4v) is 3.86. The first kappa shape index (κ1) is 22.8. The molecule has 2 N–H and O–H groups in total. The van der Waals surface area contributed by atoms with Crippen molar-refractivity contribution in [2.75, 3.05) is 19.7 Å². The zero-order valence-electron chi connectivity index (χ0n) is 18.6. The first-order chi connectivity index (χ1) is 15.0. The van der Waals surface area contributed by atoms with Gasteiger partial charge in [0.2, 0.25) is 5.91 Å². The lowest BCUT2D eigenvalue weighted by molar-refractivity contribution is -0.124. The average molecular weight is 424 g/mol. The van der Waals surface area contributed by atoms with Crippen LogP contribution in [0.4, 0.5) is 0 Å². The Morgan fingerprint density at radius 3 is 2.45 bits per heavy atom. The second-order valence-electron chi connectivity index (χ2n) is 8.37. The third-order valence-electron chi connectivity index (χ3n) is 5.53. The van der Waals surface area contributed by atoms with Gasteiger partial charge < -0.3 is 15.4 Å². The van der Waals surface area contributed by atoms with E-state index in [0.717, 1.165) is 31.8 Å². The first-order valence-electron chi connectivity index (χ1n) is 11.1. The van der Waals surface area contributed by atoms with Gasteiger partial charge in [0.25, 0.3) is 5.91 Å². The third-order valence-corrected chi connectivity index (χ3v) is 5.53. The predicted octanol–water partition coefficient (Wildman–Crippen LogP) is 3.23. The van der Waals surface area contributed by atoms with Crippen molar-refractivity contribution < 1.29 is 14.3 Å². The Hall–Kier alpha value is -2.86. The highest BCUT2D eigenvalue weighted by atomic mass is 16.5. The SMILES string of the molecule is CCOc1ccc(C(=O)N[C@H](C(=O)NC2CCN(Cc3ccccc3)C2)C(C)C)cc1. The third kappa shape index (κ3) is 6.56. The Bertz CT molecular complexity index is 852. The lowest BCUT2D eigenvalue weighted by Gasteiger charge is -2.24. The second kappa shape index (κ2) is 11.0. The van der Waals surface area contributed by atoms with Crippen molar-refractivity contribution in [1.29, 1.82) is 0 Å². The van der Waals surface area contributed by atoms with Gasteiger partial charge in [-0.1, -0.05) is 44.2 Å². The Labute approximate surface area is 185 Å². The number of nitrogens with zero attached hydrogens (tertiary/aromatic N) is 1. The van der Waals surface area contributed by atoms with Gasteiger partial charge in [0, 0.05) is 31.2 Å². The predicted molar refractivity (Wildman–Crippen MR) is 122 cm³/mol. The molecule has 2 atom stereocenters. The number of carbonyl (C=O) groups is 2. The molecule has 0 saturated carbocycles. The fourth-order valence-electron chi connectivity index (χ4n) is 3.86. The molecule has 3 rings (SSSR count). The summed E-state index contributed by atoms with van der Waals surface area (Å²) in [5, 5.41) is 6.05. The Balaban J connectivity index is 1.53. The number of hydrogen-bond donors (Lipinski definition) is 2. The zero-order valence-corrected chi connectivity index (χ0v) is 18.6. The van der Waals surface area contributed by atoms with Crippen LogP contribution in [0.2, 0.25) is 0 Å². The zero-order chi connectivity index (χ0) is 22.2. The van der Waals surface area contributed by atoms with Crippen molar-refractivity contribution in [2.24, 2.45) is 5.92 Å². The summed E-state index contributed by atoms with van der Waals surface area (Å²) >= 11 is 0. The largest absolute Gasteiger partial charge is 0.494 e. The maximum Gasteiger partial charge on any atom is 0.251 e. The molecule has 1 unspecified atom stereocenters. The summed E-state index contributed by atoms with van der Waals surface area (Å²) in [5.41, 5.74) is 1.79. The van der Waals surface area contributed by atoms with E-state index in [1.54, 1.807) is 24.3 Å². The molecule has 0 aliphatic carbocycles. The van der Waals surface area contributed by atoms with E-state index in [4.69, 9.17) is 4.74 Å². The molecule has 1 aliphatic rings. The summed E-state index contributed by atoms with van der Waals surface area (Å²) in [6.07, 6.45) is 0.913. The Morgan fingerprint density at radius 1 is 1.10 bits per heavy atom. The molecule has 2 aromatic carbocycles. The standard InChI is InChI=1S/C25H33N3O3/c1-4-31-22-12-10-20(11-13-22)24(29)27-23(18(2)3)25(30)26-21-14-15-28(17-21)16-19-8-6-5-7-9-19/h5-13,18,21,23H,4,14-17H2,1-3H3,(H,26,30)(H,27,29)/t21?,23-/m0/s1. The van der Waals surface area contributed by atoms with E-state index >= 15 is 0 Å². The molecule has 6 heteroatoms. The van der Waals surface area contributed by atoms with Crippen LogP contribution in [0.25, 0.3) is 0 Å². The van der Waals surface area contributed by atoms with Gasteiger partial charge in [0.1, 0.15) is 11.8 Å². The van der Waals surface area contributed by atoms with E-state index in [0.29, 0.717) is 12.2 Å². The summed E-state index contributed by atoms with van der Waals surface area (Å²) in [6, 6.07) is 16.8. The molecular weight excluding hydrogens is 390 g/mol. The maximum atomic E-state index is 12.9. The molecule has 1 heterocycles. The van der Waals surface area contributed by atoms with Crippen molar-refractivity contribution >= 4 is 11.8 Å². The van der Waals surface area contributed by atoms with Crippen LogP contribution in [0.3, 0.4) is 0 Å². The van der Waals surface area contributed by atoms with Crippen LogP contribution in [0.1, 0.15) is 43.1 Å². The van der Waals surface area contributed by atoms with Gasteiger partial charge in [0.15, 0.2) is 0 Å². The molecule has 0 radical (unpaired) electrons. The lowest BCUT2D eigenvalue weighted by atomic mass is 10.0. The number of carbonyl (C=O) groups excluding carboxylic acids is 2. The average Bonchev–Trinajstić information content (AvgIpc) is 3.19. The number of nitrogens with one attached hydrogen (secondary N) is 2. The molecule has 1 fully saturated rings. The van der Waals surface area contributed by atoms with Crippen molar-refractivity contribution in [3.05, 3.63) is 65.7 Å². The van der Waals surface area contributed by atoms with Crippen LogP contribution in [-0.2, 0) is 11.3 Å². The maximum absolute atomic E-state index is 12.9. The molecule has 0 spiro atoms.